The summed E-state index contributed by atoms with van der Waals surface area (Å²) in [5, 5.41) is 3.82. The van der Waals surface area contributed by atoms with E-state index in [2.05, 4.69) is 17.2 Å². The molecule has 0 radical (unpaired) electrons. The number of anilines is 1. The summed E-state index contributed by atoms with van der Waals surface area (Å²) in [6.45, 7) is 5.17. The van der Waals surface area contributed by atoms with Crippen LogP contribution in [0, 0.1) is 0 Å². The number of para-hydroxylation sites is 1. The van der Waals surface area contributed by atoms with Crippen molar-refractivity contribution < 1.29 is 14.3 Å². The highest BCUT2D eigenvalue weighted by Gasteiger charge is 2.15. The van der Waals surface area contributed by atoms with Crippen molar-refractivity contribution in [3.05, 3.63) is 60.3 Å². The van der Waals surface area contributed by atoms with Gasteiger partial charge in [-0.25, -0.2) is 0 Å². The van der Waals surface area contributed by atoms with E-state index in [4.69, 9.17) is 9.47 Å². The first-order valence-corrected chi connectivity index (χ1v) is 9.28. The van der Waals surface area contributed by atoms with E-state index < -0.39 is 0 Å². The zero-order valence-electron chi connectivity index (χ0n) is 15.7. The summed E-state index contributed by atoms with van der Waals surface area (Å²) in [6, 6.07) is 14.7. The highest BCUT2D eigenvalue weighted by atomic mass is 16.5. The minimum atomic E-state index is -0.219. The first kappa shape index (κ1) is 18.7. The third kappa shape index (κ3) is 4.37. The van der Waals surface area contributed by atoms with Crippen LogP contribution in [-0.2, 0) is 0 Å². The molecule has 27 heavy (non-hydrogen) atoms. The van der Waals surface area contributed by atoms with Crippen LogP contribution in [-0.4, -0.2) is 24.1 Å². The van der Waals surface area contributed by atoms with Gasteiger partial charge >= 0.3 is 0 Å². The lowest BCUT2D eigenvalue weighted by molar-refractivity contribution is 0.102. The van der Waals surface area contributed by atoms with Gasteiger partial charge in [-0.1, -0.05) is 25.5 Å². The number of amides is 1. The summed E-state index contributed by atoms with van der Waals surface area (Å²) in [4.78, 5) is 17.3. The second-order valence-electron chi connectivity index (χ2n) is 6.10. The van der Waals surface area contributed by atoms with Crippen molar-refractivity contribution in [3.63, 3.8) is 0 Å². The number of aromatic nitrogens is 1. The van der Waals surface area contributed by atoms with Gasteiger partial charge in [0.2, 0.25) is 0 Å². The predicted molar refractivity (Wildman–Crippen MR) is 108 cm³/mol. The quantitative estimate of drug-likeness (QED) is 0.567. The number of benzene rings is 2. The Labute approximate surface area is 159 Å². The summed E-state index contributed by atoms with van der Waals surface area (Å²) >= 11 is 0. The van der Waals surface area contributed by atoms with Crippen LogP contribution >= 0.6 is 0 Å². The molecule has 0 bridgehead atoms. The minimum Gasteiger partial charge on any atom is -0.493 e. The number of unbranched alkanes of at least 4 members (excludes halogenated alkanes) is 1. The van der Waals surface area contributed by atoms with Gasteiger partial charge in [0.1, 0.15) is 17.0 Å². The summed E-state index contributed by atoms with van der Waals surface area (Å²) in [7, 11) is 0. The number of nitrogens with zero attached hydrogens (tertiary/aromatic N) is 1. The number of carbonyl (C=O) groups is 1. The number of hydrogen-bond donors (Lipinski definition) is 1. The Balaban J connectivity index is 1.89. The summed E-state index contributed by atoms with van der Waals surface area (Å²) in [6.07, 6.45) is 3.78. The normalized spacial score (nSPS) is 10.6. The molecule has 0 fully saturated rings. The van der Waals surface area contributed by atoms with Gasteiger partial charge < -0.3 is 14.8 Å². The maximum Gasteiger partial charge on any atom is 0.259 e. The first-order chi connectivity index (χ1) is 13.2. The third-order valence-corrected chi connectivity index (χ3v) is 4.17. The van der Waals surface area contributed by atoms with E-state index in [-0.39, 0.29) is 5.91 Å². The van der Waals surface area contributed by atoms with Crippen molar-refractivity contribution in [3.8, 4) is 11.5 Å². The Morgan fingerprint density at radius 2 is 1.85 bits per heavy atom. The predicted octanol–water partition coefficient (Wildman–Crippen LogP) is 5.06. The molecule has 5 heteroatoms. The first-order valence-electron chi connectivity index (χ1n) is 9.28. The molecule has 0 aliphatic carbocycles. The van der Waals surface area contributed by atoms with Crippen molar-refractivity contribution in [2.45, 2.75) is 26.7 Å². The van der Waals surface area contributed by atoms with Crippen LogP contribution < -0.4 is 14.8 Å². The van der Waals surface area contributed by atoms with Crippen LogP contribution in [0.2, 0.25) is 0 Å². The number of hydrogen-bond acceptors (Lipinski definition) is 4. The summed E-state index contributed by atoms with van der Waals surface area (Å²) in [5.74, 6) is 1.08. The monoisotopic (exact) mass is 364 g/mol. The molecule has 5 nitrogen and oxygen atoms in total. The van der Waals surface area contributed by atoms with Crippen molar-refractivity contribution in [1.29, 1.82) is 0 Å². The molecule has 1 heterocycles. The minimum absolute atomic E-state index is 0.219. The molecule has 0 saturated heterocycles. The molecule has 1 amide bonds. The topological polar surface area (TPSA) is 60.5 Å². The number of nitrogens with one attached hydrogen (secondary N) is 1. The van der Waals surface area contributed by atoms with Crippen molar-refractivity contribution in [2.75, 3.05) is 18.5 Å². The van der Waals surface area contributed by atoms with Gasteiger partial charge in [0.05, 0.1) is 24.5 Å². The maximum atomic E-state index is 12.8. The molecule has 0 aliphatic rings. The number of rotatable bonds is 8. The molecule has 0 unspecified atom stereocenters. The molecule has 0 atom stereocenters. The highest BCUT2D eigenvalue weighted by Crippen LogP contribution is 2.31. The van der Waals surface area contributed by atoms with E-state index in [1.807, 2.05) is 43.3 Å². The van der Waals surface area contributed by atoms with E-state index in [1.165, 1.54) is 0 Å². The third-order valence-electron chi connectivity index (χ3n) is 4.17. The second kappa shape index (κ2) is 9.03. The lowest BCUT2D eigenvalue weighted by Gasteiger charge is -2.14. The zero-order chi connectivity index (χ0) is 19.1. The molecule has 1 aromatic heterocycles. The average Bonchev–Trinajstić information content (AvgIpc) is 2.70. The van der Waals surface area contributed by atoms with Crippen LogP contribution in [0.3, 0.4) is 0 Å². The Morgan fingerprint density at radius 3 is 2.67 bits per heavy atom. The lowest BCUT2D eigenvalue weighted by Crippen LogP contribution is -2.14. The van der Waals surface area contributed by atoms with Crippen LogP contribution in [0.25, 0.3) is 10.9 Å². The number of ether oxygens (including phenoxy) is 2. The molecular formula is C22H24N2O3. The maximum absolute atomic E-state index is 12.8. The standard InChI is InChI=1S/C22H24N2O3/c1-3-5-15-27-20-13-12-18(16-10-8-14-23-21(16)20)24-22(25)17-9-6-7-11-19(17)26-4-2/h6-14H,3-5,15H2,1-2H3,(H,24,25). The lowest BCUT2D eigenvalue weighted by atomic mass is 10.1. The van der Waals surface area contributed by atoms with Crippen molar-refractivity contribution in [1.82, 2.24) is 4.98 Å². The van der Waals surface area contributed by atoms with Gasteiger partial charge in [0, 0.05) is 11.6 Å². The van der Waals surface area contributed by atoms with E-state index >= 15 is 0 Å². The zero-order valence-corrected chi connectivity index (χ0v) is 15.7. The van der Waals surface area contributed by atoms with Gasteiger partial charge in [-0.3, -0.25) is 9.78 Å². The Hall–Kier alpha value is -3.08. The van der Waals surface area contributed by atoms with Crippen molar-refractivity contribution >= 4 is 22.5 Å². The van der Waals surface area contributed by atoms with Crippen LogP contribution in [0.15, 0.2) is 54.7 Å². The van der Waals surface area contributed by atoms with Crippen LogP contribution in [0.1, 0.15) is 37.0 Å². The van der Waals surface area contributed by atoms with Gasteiger partial charge in [-0.15, -0.1) is 0 Å². The highest BCUT2D eigenvalue weighted by molar-refractivity contribution is 6.10. The molecule has 0 spiro atoms. The average molecular weight is 364 g/mol. The van der Waals surface area contributed by atoms with Gasteiger partial charge in [-0.2, -0.15) is 0 Å². The molecule has 0 saturated carbocycles. The number of pyridine rings is 1. The fourth-order valence-corrected chi connectivity index (χ4v) is 2.82. The van der Waals surface area contributed by atoms with E-state index in [1.54, 1.807) is 18.3 Å². The fourth-order valence-electron chi connectivity index (χ4n) is 2.82. The van der Waals surface area contributed by atoms with Gasteiger partial charge in [-0.05, 0) is 49.7 Å². The largest absolute Gasteiger partial charge is 0.493 e. The molecular weight excluding hydrogens is 340 g/mol. The van der Waals surface area contributed by atoms with E-state index in [0.29, 0.717) is 30.2 Å². The smallest absolute Gasteiger partial charge is 0.259 e. The van der Waals surface area contributed by atoms with Gasteiger partial charge in [0.15, 0.2) is 0 Å². The van der Waals surface area contributed by atoms with E-state index in [0.717, 1.165) is 29.5 Å². The fraction of sp³-hybridized carbons (Fsp3) is 0.273. The number of carbonyl (C=O) groups excluding carboxylic acids is 1. The Morgan fingerprint density at radius 1 is 1.00 bits per heavy atom. The molecule has 140 valence electrons. The van der Waals surface area contributed by atoms with Gasteiger partial charge in [0.25, 0.3) is 5.91 Å². The molecule has 2 aromatic carbocycles. The molecule has 3 rings (SSSR count). The van der Waals surface area contributed by atoms with Crippen molar-refractivity contribution in [2.24, 2.45) is 0 Å². The van der Waals surface area contributed by atoms with Crippen LogP contribution in [0.4, 0.5) is 5.69 Å². The second-order valence-corrected chi connectivity index (χ2v) is 6.10. The van der Waals surface area contributed by atoms with E-state index in [9.17, 15) is 4.79 Å². The number of fused-ring (bicyclic) bond motifs is 1. The summed E-state index contributed by atoms with van der Waals surface area (Å²) < 4.78 is 11.4. The molecule has 1 N–H and O–H groups in total. The SMILES string of the molecule is CCCCOc1ccc(NC(=O)c2ccccc2OCC)c2cccnc12. The summed E-state index contributed by atoms with van der Waals surface area (Å²) in [5.41, 5.74) is 1.93. The molecule has 3 aromatic rings. The Kier molecular flexibility index (Phi) is 6.26. The Bertz CT molecular complexity index is 924. The molecule has 0 aliphatic heterocycles. The van der Waals surface area contributed by atoms with Crippen LogP contribution in [0.5, 0.6) is 11.5 Å².